The Morgan fingerprint density at radius 1 is 1.22 bits per heavy atom. The Balaban J connectivity index is 2.26. The molecule has 1 aromatic heterocycles. The van der Waals surface area contributed by atoms with E-state index in [0.29, 0.717) is 11.2 Å². The van der Waals surface area contributed by atoms with Gasteiger partial charge in [0.25, 0.3) is 0 Å². The quantitative estimate of drug-likeness (QED) is 0.484. The van der Waals surface area contributed by atoms with Crippen LogP contribution in [0.25, 0.3) is 0 Å². The monoisotopic (exact) mass is 363 g/mol. The molecule has 0 amide bonds. The van der Waals surface area contributed by atoms with Gasteiger partial charge in [-0.05, 0) is 23.8 Å². The number of hydroxylamine groups is 1. The number of amidine groups is 1. The molecule has 0 saturated carbocycles. The molecule has 1 heterocycles. The average molecular weight is 364 g/mol. The zero-order valence-corrected chi connectivity index (χ0v) is 12.9. The van der Waals surface area contributed by atoms with Crippen molar-refractivity contribution in [3.63, 3.8) is 0 Å². The fourth-order valence-electron chi connectivity index (χ4n) is 1.69. The van der Waals surface area contributed by atoms with E-state index < -0.39 is 11.7 Å². The number of nitrogens with zero attached hydrogens (tertiary/aromatic N) is 2. The highest BCUT2D eigenvalue weighted by Crippen LogP contribution is 2.31. The Bertz CT molecular complexity index is 718. The molecular formula is C14H10Cl2F3N3O. The lowest BCUT2D eigenvalue weighted by Gasteiger charge is -2.10. The molecule has 23 heavy (non-hydrogen) atoms. The molecule has 2 rings (SSSR count). The Morgan fingerprint density at radius 2 is 1.87 bits per heavy atom. The lowest BCUT2D eigenvalue weighted by Crippen LogP contribution is -2.23. The van der Waals surface area contributed by atoms with Crippen molar-refractivity contribution in [1.82, 2.24) is 10.5 Å². The molecule has 0 aliphatic carbocycles. The van der Waals surface area contributed by atoms with Crippen molar-refractivity contribution < 1.29 is 18.4 Å². The molecule has 0 aliphatic heterocycles. The van der Waals surface area contributed by atoms with Crippen molar-refractivity contribution in [3.8, 4) is 0 Å². The molecule has 2 N–H and O–H groups in total. The predicted molar refractivity (Wildman–Crippen MR) is 80.9 cm³/mol. The standard InChI is InChI=1S/C14H10Cl2F3N3O/c15-10-3-1-8(2-4-10)6-21-13(22-23)12-11(16)5-9(7-20-12)14(17,18)19/h1-5,7,23H,6H2,(H,21,22). The molecule has 1 aromatic carbocycles. The third kappa shape index (κ3) is 4.57. The molecular weight excluding hydrogens is 354 g/mol. The Kier molecular flexibility index (Phi) is 5.46. The molecule has 122 valence electrons. The van der Waals surface area contributed by atoms with Crippen LogP contribution in [-0.2, 0) is 12.7 Å². The second kappa shape index (κ2) is 7.16. The van der Waals surface area contributed by atoms with Crippen LogP contribution in [0.1, 0.15) is 16.8 Å². The van der Waals surface area contributed by atoms with E-state index in [1.807, 2.05) is 0 Å². The molecule has 0 fully saturated rings. The molecule has 0 radical (unpaired) electrons. The summed E-state index contributed by atoms with van der Waals surface area (Å²) < 4.78 is 37.7. The molecule has 0 unspecified atom stereocenters. The van der Waals surface area contributed by atoms with Crippen molar-refractivity contribution in [2.75, 3.05) is 0 Å². The second-order valence-electron chi connectivity index (χ2n) is 4.46. The van der Waals surface area contributed by atoms with Gasteiger partial charge >= 0.3 is 6.18 Å². The van der Waals surface area contributed by atoms with Gasteiger partial charge in [0.05, 0.1) is 17.1 Å². The van der Waals surface area contributed by atoms with E-state index >= 15 is 0 Å². The molecule has 4 nitrogen and oxygen atoms in total. The number of halogens is 5. The first kappa shape index (κ1) is 17.5. The number of aliphatic imine (C=N–C) groups is 1. The molecule has 0 saturated heterocycles. The summed E-state index contributed by atoms with van der Waals surface area (Å²) in [7, 11) is 0. The van der Waals surface area contributed by atoms with Crippen LogP contribution in [0.4, 0.5) is 13.2 Å². The van der Waals surface area contributed by atoms with E-state index in [9.17, 15) is 13.2 Å². The minimum Gasteiger partial charge on any atom is -0.290 e. The van der Waals surface area contributed by atoms with Crippen LogP contribution in [0.3, 0.4) is 0 Å². The van der Waals surface area contributed by atoms with Gasteiger partial charge in [0.1, 0.15) is 5.69 Å². The number of alkyl halides is 3. The topological polar surface area (TPSA) is 57.5 Å². The largest absolute Gasteiger partial charge is 0.417 e. The first-order chi connectivity index (χ1) is 10.8. The van der Waals surface area contributed by atoms with Gasteiger partial charge < -0.3 is 0 Å². The maximum Gasteiger partial charge on any atom is 0.417 e. The molecule has 2 aromatic rings. The van der Waals surface area contributed by atoms with E-state index in [1.54, 1.807) is 29.7 Å². The Hall–Kier alpha value is -1.83. The van der Waals surface area contributed by atoms with E-state index in [-0.39, 0.29) is 23.1 Å². The van der Waals surface area contributed by atoms with Crippen molar-refractivity contribution in [3.05, 3.63) is 63.4 Å². The summed E-state index contributed by atoms with van der Waals surface area (Å²) >= 11 is 11.6. The summed E-state index contributed by atoms with van der Waals surface area (Å²) in [5.41, 5.74) is 1.51. The van der Waals surface area contributed by atoms with Gasteiger partial charge in [-0.2, -0.15) is 13.2 Å². The van der Waals surface area contributed by atoms with Crippen LogP contribution in [0.5, 0.6) is 0 Å². The van der Waals surface area contributed by atoms with Crippen molar-refractivity contribution in [2.24, 2.45) is 4.99 Å². The minimum atomic E-state index is -4.55. The summed E-state index contributed by atoms with van der Waals surface area (Å²) in [6, 6.07) is 7.51. The normalized spacial score (nSPS) is 12.3. The first-order valence-corrected chi connectivity index (χ1v) is 6.99. The van der Waals surface area contributed by atoms with Gasteiger partial charge in [0, 0.05) is 11.2 Å². The predicted octanol–water partition coefficient (Wildman–Crippen LogP) is 4.33. The van der Waals surface area contributed by atoms with Gasteiger partial charge in [0.2, 0.25) is 0 Å². The van der Waals surface area contributed by atoms with Crippen LogP contribution in [0.2, 0.25) is 10.0 Å². The van der Waals surface area contributed by atoms with Crippen molar-refractivity contribution >= 4 is 29.0 Å². The van der Waals surface area contributed by atoms with Gasteiger partial charge in [-0.3, -0.25) is 20.7 Å². The van der Waals surface area contributed by atoms with Crippen LogP contribution < -0.4 is 5.48 Å². The van der Waals surface area contributed by atoms with Gasteiger partial charge in [-0.25, -0.2) is 0 Å². The Morgan fingerprint density at radius 3 is 2.39 bits per heavy atom. The smallest absolute Gasteiger partial charge is 0.290 e. The summed E-state index contributed by atoms with van der Waals surface area (Å²) in [6.07, 6.45) is -3.93. The van der Waals surface area contributed by atoms with Gasteiger partial charge in [0.15, 0.2) is 5.84 Å². The lowest BCUT2D eigenvalue weighted by molar-refractivity contribution is -0.137. The van der Waals surface area contributed by atoms with E-state index in [2.05, 4.69) is 9.98 Å². The SMILES string of the molecule is ONC(=NCc1ccc(Cl)cc1)c1ncc(C(F)(F)F)cc1Cl. The molecule has 0 spiro atoms. The fraction of sp³-hybridized carbons (Fsp3) is 0.143. The van der Waals surface area contributed by atoms with Crippen LogP contribution in [-0.4, -0.2) is 16.0 Å². The maximum absolute atomic E-state index is 12.6. The number of benzene rings is 1. The zero-order valence-electron chi connectivity index (χ0n) is 11.4. The number of rotatable bonds is 3. The maximum atomic E-state index is 12.6. The number of aromatic nitrogens is 1. The minimum absolute atomic E-state index is 0.0869. The summed E-state index contributed by atoms with van der Waals surface area (Å²) in [4.78, 5) is 7.67. The van der Waals surface area contributed by atoms with Crippen LogP contribution in [0.15, 0.2) is 41.5 Å². The van der Waals surface area contributed by atoms with Crippen LogP contribution in [0, 0.1) is 0 Å². The first-order valence-electron chi connectivity index (χ1n) is 6.23. The summed E-state index contributed by atoms with van der Waals surface area (Å²) in [6.45, 7) is 0.152. The summed E-state index contributed by atoms with van der Waals surface area (Å²) in [5, 5.41) is 9.41. The number of hydrogen-bond donors (Lipinski definition) is 2. The molecule has 0 atom stereocenters. The molecule has 0 aliphatic rings. The van der Waals surface area contributed by atoms with E-state index in [0.717, 1.165) is 11.6 Å². The van der Waals surface area contributed by atoms with Crippen molar-refractivity contribution in [1.29, 1.82) is 0 Å². The van der Waals surface area contributed by atoms with E-state index in [4.69, 9.17) is 28.4 Å². The lowest BCUT2D eigenvalue weighted by atomic mass is 10.2. The highest BCUT2D eigenvalue weighted by molar-refractivity contribution is 6.33. The summed E-state index contributed by atoms with van der Waals surface area (Å²) in [5.74, 6) is -0.140. The van der Waals surface area contributed by atoms with Gasteiger partial charge in [-0.1, -0.05) is 35.3 Å². The van der Waals surface area contributed by atoms with E-state index in [1.165, 1.54) is 0 Å². The second-order valence-corrected chi connectivity index (χ2v) is 5.30. The number of nitrogens with one attached hydrogen (secondary N) is 1. The van der Waals surface area contributed by atoms with Crippen LogP contribution >= 0.6 is 23.2 Å². The Labute approximate surface area is 139 Å². The molecule has 0 bridgehead atoms. The third-order valence-corrected chi connectivity index (χ3v) is 3.37. The highest BCUT2D eigenvalue weighted by atomic mass is 35.5. The zero-order chi connectivity index (χ0) is 17.0. The fourth-order valence-corrected chi connectivity index (χ4v) is 2.07. The number of pyridine rings is 1. The van der Waals surface area contributed by atoms with Crippen molar-refractivity contribution in [2.45, 2.75) is 12.7 Å². The average Bonchev–Trinajstić information content (AvgIpc) is 2.50. The van der Waals surface area contributed by atoms with Gasteiger partial charge in [-0.15, -0.1) is 0 Å². The highest BCUT2D eigenvalue weighted by Gasteiger charge is 2.31. The third-order valence-electron chi connectivity index (χ3n) is 2.83. The molecule has 9 heteroatoms. The number of hydrogen-bond acceptors (Lipinski definition) is 3.